The van der Waals surface area contributed by atoms with E-state index in [1.165, 1.54) is 6.33 Å². The molecule has 0 spiro atoms. The summed E-state index contributed by atoms with van der Waals surface area (Å²) in [6, 6.07) is 0. The van der Waals surface area contributed by atoms with Crippen LogP contribution in [0.1, 0.15) is 5.69 Å². The lowest BCUT2D eigenvalue weighted by Gasteiger charge is -2.01. The minimum Gasteiger partial charge on any atom is -0.480 e. The molecule has 3 rings (SSSR count). The van der Waals surface area contributed by atoms with Crippen LogP contribution in [0, 0.1) is 0 Å². The lowest BCUT2D eigenvalue weighted by Crippen LogP contribution is -2.06. The van der Waals surface area contributed by atoms with Gasteiger partial charge in [0.15, 0.2) is 5.65 Å². The Labute approximate surface area is 125 Å². The molecule has 22 heavy (non-hydrogen) atoms. The van der Waals surface area contributed by atoms with Crippen LogP contribution in [0.25, 0.3) is 11.0 Å². The molecule has 0 amide bonds. The number of nitrogens with zero attached hydrogens (tertiary/aromatic N) is 7. The number of hydrogen-bond donors (Lipinski definition) is 1. The summed E-state index contributed by atoms with van der Waals surface area (Å²) in [5, 5.41) is 21.7. The first-order valence-electron chi connectivity index (χ1n) is 6.60. The van der Waals surface area contributed by atoms with Crippen LogP contribution in [0.15, 0.2) is 18.7 Å². The molecule has 0 fully saturated rings. The van der Waals surface area contributed by atoms with Gasteiger partial charge in [0.05, 0.1) is 39.3 Å². The average molecular weight is 305 g/mol. The second-order valence-electron chi connectivity index (χ2n) is 4.43. The molecule has 0 radical (unpaired) electrons. The Hall–Kier alpha value is -2.59. The van der Waals surface area contributed by atoms with E-state index in [0.29, 0.717) is 18.1 Å². The first kappa shape index (κ1) is 14.4. The van der Waals surface area contributed by atoms with Gasteiger partial charge in [-0.05, 0) is 0 Å². The lowest BCUT2D eigenvalue weighted by atomic mass is 10.4. The van der Waals surface area contributed by atoms with Crippen LogP contribution in [0.3, 0.4) is 0 Å². The van der Waals surface area contributed by atoms with E-state index in [4.69, 9.17) is 14.6 Å². The first-order chi connectivity index (χ1) is 10.8. The van der Waals surface area contributed by atoms with E-state index in [1.54, 1.807) is 28.9 Å². The quantitative estimate of drug-likeness (QED) is 0.578. The smallest absolute Gasteiger partial charge is 0.227 e. The predicted molar refractivity (Wildman–Crippen MR) is 74.0 cm³/mol. The fourth-order valence-electron chi connectivity index (χ4n) is 2.00. The molecule has 10 heteroatoms. The van der Waals surface area contributed by atoms with Crippen molar-refractivity contribution in [3.63, 3.8) is 0 Å². The number of fused-ring (bicyclic) bond motifs is 1. The zero-order chi connectivity index (χ0) is 15.4. The Morgan fingerprint density at radius 1 is 1.32 bits per heavy atom. The molecule has 3 aromatic rings. The highest BCUT2D eigenvalue weighted by atomic mass is 16.5. The second kappa shape index (κ2) is 6.45. The standard InChI is InChI=1S/C12H15N7O3/c1-21-12-10-4-15-19(11(10)13-7-14-12)6-9-5-18(17-16-9)8-22-3-2-20/h4-5,7,20H,2-3,6,8H2,1H3. The van der Waals surface area contributed by atoms with Crippen LogP contribution in [0.2, 0.25) is 0 Å². The Kier molecular flexibility index (Phi) is 4.21. The van der Waals surface area contributed by atoms with Crippen molar-refractivity contribution in [3.8, 4) is 5.88 Å². The number of aromatic nitrogens is 7. The Bertz CT molecular complexity index is 754. The van der Waals surface area contributed by atoms with Gasteiger partial charge in [0.1, 0.15) is 24.1 Å². The molecule has 0 atom stereocenters. The molecule has 0 bridgehead atoms. The van der Waals surface area contributed by atoms with Crippen LogP contribution in [0.4, 0.5) is 0 Å². The van der Waals surface area contributed by atoms with E-state index in [1.807, 2.05) is 0 Å². The zero-order valence-electron chi connectivity index (χ0n) is 12.0. The third-order valence-electron chi connectivity index (χ3n) is 2.95. The summed E-state index contributed by atoms with van der Waals surface area (Å²) in [4.78, 5) is 8.25. The van der Waals surface area contributed by atoms with Gasteiger partial charge in [0.2, 0.25) is 5.88 Å². The SMILES string of the molecule is COc1ncnc2c1cnn2Cc1cn(COCCO)nn1. The van der Waals surface area contributed by atoms with Crippen LogP contribution >= 0.6 is 0 Å². The molecule has 3 heterocycles. The molecular formula is C12H15N7O3. The highest BCUT2D eigenvalue weighted by Crippen LogP contribution is 2.20. The summed E-state index contributed by atoms with van der Waals surface area (Å²) < 4.78 is 13.6. The summed E-state index contributed by atoms with van der Waals surface area (Å²) in [6.07, 6.45) is 4.84. The maximum absolute atomic E-state index is 8.66. The number of methoxy groups -OCH3 is 1. The third-order valence-corrected chi connectivity index (χ3v) is 2.95. The van der Waals surface area contributed by atoms with Gasteiger partial charge in [-0.1, -0.05) is 5.21 Å². The number of hydrogen-bond acceptors (Lipinski definition) is 8. The summed E-state index contributed by atoms with van der Waals surface area (Å²) in [7, 11) is 1.55. The largest absolute Gasteiger partial charge is 0.480 e. The van der Waals surface area contributed by atoms with Gasteiger partial charge in [-0.3, -0.25) is 0 Å². The molecule has 0 unspecified atom stereocenters. The summed E-state index contributed by atoms with van der Waals surface area (Å²) >= 11 is 0. The molecule has 0 saturated carbocycles. The lowest BCUT2D eigenvalue weighted by molar-refractivity contribution is 0.0409. The van der Waals surface area contributed by atoms with Gasteiger partial charge in [0.25, 0.3) is 0 Å². The minimum atomic E-state index is -0.0254. The predicted octanol–water partition coefficient (Wildman–Crippen LogP) is -0.559. The molecule has 3 aromatic heterocycles. The molecule has 0 aliphatic rings. The fraction of sp³-hybridized carbons (Fsp3) is 0.417. The molecule has 1 N–H and O–H groups in total. The molecule has 0 aliphatic carbocycles. The van der Waals surface area contributed by atoms with Crippen molar-refractivity contribution >= 4 is 11.0 Å². The van der Waals surface area contributed by atoms with Crippen LogP contribution in [-0.2, 0) is 18.0 Å². The number of rotatable bonds is 7. The Balaban J connectivity index is 1.76. The van der Waals surface area contributed by atoms with Crippen LogP contribution in [-0.4, -0.2) is 60.2 Å². The Morgan fingerprint density at radius 3 is 3.05 bits per heavy atom. The number of aliphatic hydroxyl groups excluding tert-OH is 1. The molecule has 116 valence electrons. The molecule has 0 aliphatic heterocycles. The van der Waals surface area contributed by atoms with Gasteiger partial charge < -0.3 is 14.6 Å². The summed E-state index contributed by atoms with van der Waals surface area (Å²) in [5.74, 6) is 0.484. The average Bonchev–Trinajstić information content (AvgIpc) is 3.15. The van der Waals surface area contributed by atoms with Gasteiger partial charge in [-0.25, -0.2) is 19.3 Å². The van der Waals surface area contributed by atoms with E-state index >= 15 is 0 Å². The summed E-state index contributed by atoms with van der Waals surface area (Å²) in [5.41, 5.74) is 1.38. The van der Waals surface area contributed by atoms with Crippen molar-refractivity contribution in [2.75, 3.05) is 20.3 Å². The maximum Gasteiger partial charge on any atom is 0.227 e. The summed E-state index contributed by atoms with van der Waals surface area (Å²) in [6.45, 7) is 0.894. The van der Waals surface area contributed by atoms with E-state index < -0.39 is 0 Å². The van der Waals surface area contributed by atoms with Gasteiger partial charge in [-0.2, -0.15) is 5.10 Å². The number of ether oxygens (including phenoxy) is 2. The van der Waals surface area contributed by atoms with E-state index in [-0.39, 0.29) is 19.9 Å². The molecular weight excluding hydrogens is 290 g/mol. The topological polar surface area (TPSA) is 113 Å². The van der Waals surface area contributed by atoms with Crippen LogP contribution in [0.5, 0.6) is 5.88 Å². The van der Waals surface area contributed by atoms with Crippen LogP contribution < -0.4 is 4.74 Å². The molecule has 10 nitrogen and oxygen atoms in total. The zero-order valence-corrected chi connectivity index (χ0v) is 12.0. The minimum absolute atomic E-state index is 0.0254. The van der Waals surface area contributed by atoms with Crippen molar-refractivity contribution in [1.29, 1.82) is 0 Å². The van der Waals surface area contributed by atoms with Crippen molar-refractivity contribution in [2.24, 2.45) is 0 Å². The highest BCUT2D eigenvalue weighted by molar-refractivity contribution is 5.79. The van der Waals surface area contributed by atoms with E-state index in [2.05, 4.69) is 25.4 Å². The highest BCUT2D eigenvalue weighted by Gasteiger charge is 2.11. The van der Waals surface area contributed by atoms with E-state index in [9.17, 15) is 0 Å². The first-order valence-corrected chi connectivity index (χ1v) is 6.60. The van der Waals surface area contributed by atoms with Crippen molar-refractivity contribution < 1.29 is 14.6 Å². The van der Waals surface area contributed by atoms with Crippen molar-refractivity contribution in [1.82, 2.24) is 34.7 Å². The second-order valence-corrected chi connectivity index (χ2v) is 4.43. The van der Waals surface area contributed by atoms with Crippen molar-refractivity contribution in [2.45, 2.75) is 13.3 Å². The maximum atomic E-state index is 8.66. The molecule has 0 aromatic carbocycles. The Morgan fingerprint density at radius 2 is 2.23 bits per heavy atom. The number of aliphatic hydroxyl groups is 1. The van der Waals surface area contributed by atoms with Gasteiger partial charge in [0, 0.05) is 0 Å². The van der Waals surface area contributed by atoms with E-state index in [0.717, 1.165) is 11.1 Å². The van der Waals surface area contributed by atoms with Crippen molar-refractivity contribution in [3.05, 3.63) is 24.4 Å². The molecule has 0 saturated heterocycles. The van der Waals surface area contributed by atoms with Gasteiger partial charge >= 0.3 is 0 Å². The normalized spacial score (nSPS) is 11.2. The van der Waals surface area contributed by atoms with Gasteiger partial charge in [-0.15, -0.1) is 5.10 Å². The monoisotopic (exact) mass is 305 g/mol. The third kappa shape index (κ3) is 2.87. The fourth-order valence-corrected chi connectivity index (χ4v) is 2.00.